The van der Waals surface area contributed by atoms with Crippen molar-refractivity contribution in [2.24, 2.45) is 0 Å². The standard InChI is InChI=1S/C5H10S4/c6-3-9-5-1-7-4-8-2-5/h5-6H,1-4H2. The monoisotopic (exact) mass is 198 g/mol. The number of thiol groups is 1. The summed E-state index contributed by atoms with van der Waals surface area (Å²) in [7, 11) is 0. The molecule has 0 nitrogen and oxygen atoms in total. The summed E-state index contributed by atoms with van der Waals surface area (Å²) in [5, 5.41) is 3.14. The van der Waals surface area contributed by atoms with Crippen molar-refractivity contribution in [2.45, 2.75) is 5.25 Å². The van der Waals surface area contributed by atoms with Gasteiger partial charge in [0.2, 0.25) is 0 Å². The van der Waals surface area contributed by atoms with Crippen molar-refractivity contribution in [2.75, 3.05) is 21.7 Å². The van der Waals surface area contributed by atoms with E-state index in [1.807, 2.05) is 11.8 Å². The van der Waals surface area contributed by atoms with E-state index in [9.17, 15) is 0 Å². The van der Waals surface area contributed by atoms with Gasteiger partial charge in [0.15, 0.2) is 0 Å². The minimum absolute atomic E-state index is 0.867. The molecule has 1 saturated heterocycles. The molecule has 0 amide bonds. The first-order valence-corrected chi connectivity index (χ1v) is 6.80. The second kappa shape index (κ2) is 5.10. The Morgan fingerprint density at radius 1 is 1.44 bits per heavy atom. The fourth-order valence-corrected chi connectivity index (χ4v) is 5.01. The molecular weight excluding hydrogens is 188 g/mol. The summed E-state index contributed by atoms with van der Waals surface area (Å²) in [6.45, 7) is 0. The zero-order valence-corrected chi connectivity index (χ0v) is 8.42. The lowest BCUT2D eigenvalue weighted by Crippen LogP contribution is -2.14. The normalized spacial score (nSPS) is 22.3. The third-order valence-corrected chi connectivity index (χ3v) is 5.52. The Labute approximate surface area is 74.7 Å². The number of thioether (sulfide) groups is 3. The van der Waals surface area contributed by atoms with Crippen molar-refractivity contribution in [3.05, 3.63) is 0 Å². The molecule has 1 heterocycles. The third-order valence-electron chi connectivity index (χ3n) is 1.08. The van der Waals surface area contributed by atoms with Crippen molar-refractivity contribution in [1.29, 1.82) is 0 Å². The Kier molecular flexibility index (Phi) is 4.82. The van der Waals surface area contributed by atoms with E-state index in [1.54, 1.807) is 0 Å². The molecule has 0 N–H and O–H groups in total. The lowest BCUT2D eigenvalue weighted by molar-refractivity contribution is 1.15. The summed E-state index contributed by atoms with van der Waals surface area (Å²) < 4.78 is 0. The van der Waals surface area contributed by atoms with Gasteiger partial charge >= 0.3 is 0 Å². The minimum atomic E-state index is 0.867. The highest BCUT2D eigenvalue weighted by molar-refractivity contribution is 8.18. The van der Waals surface area contributed by atoms with Crippen LogP contribution in [0.3, 0.4) is 0 Å². The Morgan fingerprint density at radius 3 is 2.67 bits per heavy atom. The molecule has 0 aromatic rings. The first kappa shape index (κ1) is 8.50. The van der Waals surface area contributed by atoms with Gasteiger partial charge in [0.25, 0.3) is 0 Å². The van der Waals surface area contributed by atoms with E-state index in [1.165, 1.54) is 16.6 Å². The molecule has 0 aromatic heterocycles. The Bertz CT molecular complexity index is 66.6. The smallest absolute Gasteiger partial charge is 0.0392 e. The lowest BCUT2D eigenvalue weighted by Gasteiger charge is -2.18. The molecule has 0 bridgehead atoms. The van der Waals surface area contributed by atoms with E-state index in [4.69, 9.17) is 0 Å². The van der Waals surface area contributed by atoms with Gasteiger partial charge in [0.05, 0.1) is 0 Å². The van der Waals surface area contributed by atoms with Crippen LogP contribution in [0.25, 0.3) is 0 Å². The van der Waals surface area contributed by atoms with Gasteiger partial charge in [-0.1, -0.05) is 0 Å². The van der Waals surface area contributed by atoms with Crippen LogP contribution in [-0.2, 0) is 0 Å². The van der Waals surface area contributed by atoms with Crippen molar-refractivity contribution >= 4 is 47.9 Å². The predicted molar refractivity (Wildman–Crippen MR) is 55.0 cm³/mol. The molecule has 9 heavy (non-hydrogen) atoms. The molecule has 4 heteroatoms. The maximum absolute atomic E-state index is 4.18. The Morgan fingerprint density at radius 2 is 2.11 bits per heavy atom. The van der Waals surface area contributed by atoms with Crippen LogP contribution >= 0.6 is 47.9 Å². The molecular formula is C5H10S4. The van der Waals surface area contributed by atoms with E-state index in [2.05, 4.69) is 36.2 Å². The minimum Gasteiger partial charge on any atom is -0.168 e. The SMILES string of the molecule is SCSC1CSCSC1. The largest absolute Gasteiger partial charge is 0.168 e. The van der Waals surface area contributed by atoms with E-state index in [0.29, 0.717) is 0 Å². The molecule has 1 aliphatic rings. The van der Waals surface area contributed by atoms with Crippen molar-refractivity contribution < 1.29 is 0 Å². The van der Waals surface area contributed by atoms with Gasteiger partial charge in [-0.2, -0.15) is 12.6 Å². The predicted octanol–water partition coefficient (Wildman–Crippen LogP) is 2.41. The average Bonchev–Trinajstić information content (AvgIpc) is 1.91. The second-order valence-corrected chi connectivity index (χ2v) is 6.24. The van der Waals surface area contributed by atoms with Gasteiger partial charge in [-0.15, -0.1) is 35.3 Å². The van der Waals surface area contributed by atoms with Gasteiger partial charge < -0.3 is 0 Å². The quantitative estimate of drug-likeness (QED) is 0.535. The molecule has 54 valence electrons. The molecule has 0 aliphatic carbocycles. The molecule has 1 aliphatic heterocycles. The van der Waals surface area contributed by atoms with Crippen LogP contribution in [0, 0.1) is 0 Å². The lowest BCUT2D eigenvalue weighted by atomic mass is 10.5. The number of hydrogen-bond donors (Lipinski definition) is 1. The second-order valence-electron chi connectivity index (χ2n) is 1.78. The molecule has 1 rings (SSSR count). The van der Waals surface area contributed by atoms with Gasteiger partial charge in [0, 0.05) is 26.9 Å². The molecule has 0 spiro atoms. The molecule has 0 radical (unpaired) electrons. The molecule has 1 fully saturated rings. The molecule has 0 aromatic carbocycles. The first-order chi connectivity index (χ1) is 4.43. The van der Waals surface area contributed by atoms with Crippen LogP contribution in [0.1, 0.15) is 0 Å². The van der Waals surface area contributed by atoms with Gasteiger partial charge in [0.1, 0.15) is 0 Å². The highest BCUT2D eigenvalue weighted by Crippen LogP contribution is 2.28. The van der Waals surface area contributed by atoms with Crippen LogP contribution in [0.5, 0.6) is 0 Å². The van der Waals surface area contributed by atoms with Gasteiger partial charge in [-0.05, 0) is 0 Å². The highest BCUT2D eigenvalue weighted by Gasteiger charge is 2.12. The van der Waals surface area contributed by atoms with Crippen molar-refractivity contribution in [1.82, 2.24) is 0 Å². The summed E-state index contributed by atoms with van der Waals surface area (Å²) in [5.41, 5.74) is 0. The molecule has 0 atom stereocenters. The van der Waals surface area contributed by atoms with Crippen LogP contribution in [0.2, 0.25) is 0 Å². The number of hydrogen-bond acceptors (Lipinski definition) is 4. The highest BCUT2D eigenvalue weighted by atomic mass is 32.2. The third kappa shape index (κ3) is 3.35. The summed E-state index contributed by atoms with van der Waals surface area (Å²) in [6.07, 6.45) is 0. The maximum atomic E-state index is 4.18. The fraction of sp³-hybridized carbons (Fsp3) is 1.00. The first-order valence-electron chi connectivity index (χ1n) is 2.81. The zero-order chi connectivity index (χ0) is 6.53. The maximum Gasteiger partial charge on any atom is 0.0392 e. The topological polar surface area (TPSA) is 0 Å². The van der Waals surface area contributed by atoms with Crippen LogP contribution in [0.4, 0.5) is 0 Å². The van der Waals surface area contributed by atoms with Crippen LogP contribution in [0.15, 0.2) is 0 Å². The van der Waals surface area contributed by atoms with Gasteiger partial charge in [-0.25, -0.2) is 0 Å². The Balaban J connectivity index is 2.08. The Hall–Kier alpha value is 1.40. The van der Waals surface area contributed by atoms with E-state index >= 15 is 0 Å². The van der Waals surface area contributed by atoms with Crippen molar-refractivity contribution in [3.63, 3.8) is 0 Å². The van der Waals surface area contributed by atoms with E-state index in [-0.39, 0.29) is 0 Å². The van der Waals surface area contributed by atoms with Crippen molar-refractivity contribution in [3.8, 4) is 0 Å². The summed E-state index contributed by atoms with van der Waals surface area (Å²) in [5.74, 6) is 2.66. The van der Waals surface area contributed by atoms with E-state index in [0.717, 1.165) is 10.3 Å². The fourth-order valence-electron chi connectivity index (χ4n) is 0.668. The number of rotatable bonds is 2. The average molecular weight is 198 g/mol. The van der Waals surface area contributed by atoms with Crippen LogP contribution in [-0.4, -0.2) is 26.9 Å². The van der Waals surface area contributed by atoms with E-state index < -0.39 is 0 Å². The van der Waals surface area contributed by atoms with Crippen LogP contribution < -0.4 is 0 Å². The molecule has 0 saturated carbocycles. The summed E-state index contributed by atoms with van der Waals surface area (Å²) >= 11 is 10.3. The summed E-state index contributed by atoms with van der Waals surface area (Å²) in [6, 6.07) is 0. The molecule has 0 unspecified atom stereocenters. The zero-order valence-electron chi connectivity index (χ0n) is 5.08. The summed E-state index contributed by atoms with van der Waals surface area (Å²) in [4.78, 5) is 0. The van der Waals surface area contributed by atoms with Gasteiger partial charge in [-0.3, -0.25) is 0 Å².